The number of hydrogen-bond donors (Lipinski definition) is 2. The van der Waals surface area contributed by atoms with E-state index < -0.39 is 5.97 Å². The largest absolute Gasteiger partial charge is 0.478 e. The van der Waals surface area contributed by atoms with Gasteiger partial charge < -0.3 is 10.4 Å². The van der Waals surface area contributed by atoms with Gasteiger partial charge in [-0.3, -0.25) is 4.79 Å². The van der Waals surface area contributed by atoms with Crippen LogP contribution in [0.2, 0.25) is 0 Å². The number of carbonyl (C=O) groups is 2. The number of nitrogens with one attached hydrogen (secondary N) is 1. The second kappa shape index (κ2) is 5.35. The first kappa shape index (κ1) is 12.8. The van der Waals surface area contributed by atoms with Gasteiger partial charge in [0.1, 0.15) is 0 Å². The highest BCUT2D eigenvalue weighted by molar-refractivity contribution is 9.12. The summed E-state index contributed by atoms with van der Waals surface area (Å²) in [6.07, 6.45) is 2.05. The SMILES string of the molecule is O=C1CCCC(Nc2ccccc2C(=O)O)=C1Br. The molecule has 2 rings (SSSR count). The van der Waals surface area contributed by atoms with Gasteiger partial charge in [-0.25, -0.2) is 4.79 Å². The van der Waals surface area contributed by atoms with Gasteiger partial charge in [0, 0.05) is 12.1 Å². The molecule has 0 radical (unpaired) electrons. The number of anilines is 1. The van der Waals surface area contributed by atoms with Crippen LogP contribution in [0, 0.1) is 0 Å². The molecule has 0 amide bonds. The van der Waals surface area contributed by atoms with Crippen LogP contribution in [-0.2, 0) is 4.79 Å². The lowest BCUT2D eigenvalue weighted by atomic mass is 10.0. The minimum atomic E-state index is -0.989. The zero-order chi connectivity index (χ0) is 13.1. The van der Waals surface area contributed by atoms with Crippen molar-refractivity contribution in [2.75, 3.05) is 5.32 Å². The van der Waals surface area contributed by atoms with Crippen molar-refractivity contribution >= 4 is 33.4 Å². The highest BCUT2D eigenvalue weighted by Crippen LogP contribution is 2.28. The van der Waals surface area contributed by atoms with Gasteiger partial charge in [-0.1, -0.05) is 12.1 Å². The summed E-state index contributed by atoms with van der Waals surface area (Å²) in [4.78, 5) is 22.6. The molecule has 18 heavy (non-hydrogen) atoms. The molecule has 0 saturated heterocycles. The molecule has 5 heteroatoms. The molecule has 0 saturated carbocycles. The van der Waals surface area contributed by atoms with E-state index in [0.717, 1.165) is 18.5 Å². The molecule has 94 valence electrons. The van der Waals surface area contributed by atoms with Crippen molar-refractivity contribution in [1.82, 2.24) is 0 Å². The Morgan fingerprint density at radius 2 is 2.00 bits per heavy atom. The normalized spacial score (nSPS) is 15.7. The van der Waals surface area contributed by atoms with Crippen LogP contribution in [-0.4, -0.2) is 16.9 Å². The third kappa shape index (κ3) is 2.61. The number of rotatable bonds is 3. The molecule has 1 aliphatic rings. The number of hydrogen-bond acceptors (Lipinski definition) is 3. The highest BCUT2D eigenvalue weighted by Gasteiger charge is 2.19. The number of para-hydroxylation sites is 1. The lowest BCUT2D eigenvalue weighted by Crippen LogP contribution is -2.14. The van der Waals surface area contributed by atoms with Crippen molar-refractivity contribution in [3.63, 3.8) is 0 Å². The van der Waals surface area contributed by atoms with Crippen LogP contribution in [0.4, 0.5) is 5.69 Å². The van der Waals surface area contributed by atoms with E-state index in [9.17, 15) is 9.59 Å². The molecule has 0 aliphatic heterocycles. The van der Waals surface area contributed by atoms with Gasteiger partial charge in [0.05, 0.1) is 15.7 Å². The van der Waals surface area contributed by atoms with Crippen LogP contribution in [0.25, 0.3) is 0 Å². The molecule has 0 spiro atoms. The van der Waals surface area contributed by atoms with Gasteiger partial charge >= 0.3 is 5.97 Å². The fourth-order valence-corrected chi connectivity index (χ4v) is 2.37. The third-order valence-corrected chi connectivity index (χ3v) is 3.70. The zero-order valence-electron chi connectivity index (χ0n) is 9.57. The smallest absolute Gasteiger partial charge is 0.337 e. The average molecular weight is 310 g/mol. The molecule has 0 bridgehead atoms. The Bertz CT molecular complexity index is 537. The quantitative estimate of drug-likeness (QED) is 0.900. The topological polar surface area (TPSA) is 66.4 Å². The molecule has 4 nitrogen and oxygen atoms in total. The van der Waals surface area contributed by atoms with Crippen LogP contribution < -0.4 is 5.32 Å². The van der Waals surface area contributed by atoms with E-state index in [2.05, 4.69) is 21.2 Å². The number of carbonyl (C=O) groups excluding carboxylic acids is 1. The van der Waals surface area contributed by atoms with Crippen LogP contribution in [0.5, 0.6) is 0 Å². The predicted octanol–water partition coefficient (Wildman–Crippen LogP) is 3.16. The Kier molecular flexibility index (Phi) is 3.81. The summed E-state index contributed by atoms with van der Waals surface area (Å²) in [5.41, 5.74) is 1.45. The molecular formula is C13H12BrNO3. The minimum Gasteiger partial charge on any atom is -0.478 e. The summed E-state index contributed by atoms with van der Waals surface area (Å²) in [5.74, 6) is -0.937. The van der Waals surface area contributed by atoms with E-state index in [1.807, 2.05) is 0 Å². The van der Waals surface area contributed by atoms with Crippen LogP contribution in [0.1, 0.15) is 29.6 Å². The van der Waals surface area contributed by atoms with E-state index in [0.29, 0.717) is 16.6 Å². The molecule has 1 aliphatic carbocycles. The molecule has 2 N–H and O–H groups in total. The van der Waals surface area contributed by atoms with Crippen molar-refractivity contribution in [2.24, 2.45) is 0 Å². The van der Waals surface area contributed by atoms with E-state index in [1.54, 1.807) is 18.2 Å². The third-order valence-electron chi connectivity index (χ3n) is 2.78. The Labute approximate surface area is 113 Å². The number of benzene rings is 1. The fraction of sp³-hybridized carbons (Fsp3) is 0.231. The number of allylic oxidation sites excluding steroid dienone is 2. The molecule has 1 aromatic carbocycles. The summed E-state index contributed by atoms with van der Waals surface area (Å²) in [7, 11) is 0. The number of carboxylic acids is 1. The fourth-order valence-electron chi connectivity index (χ4n) is 1.87. The maximum Gasteiger partial charge on any atom is 0.337 e. The first-order chi connectivity index (χ1) is 8.59. The van der Waals surface area contributed by atoms with Crippen LogP contribution in [0.3, 0.4) is 0 Å². The van der Waals surface area contributed by atoms with Gasteiger partial charge in [0.25, 0.3) is 0 Å². The lowest BCUT2D eigenvalue weighted by Gasteiger charge is -2.18. The van der Waals surface area contributed by atoms with E-state index >= 15 is 0 Å². The first-order valence-corrected chi connectivity index (χ1v) is 6.40. The second-order valence-electron chi connectivity index (χ2n) is 4.05. The van der Waals surface area contributed by atoms with Gasteiger partial charge in [0.15, 0.2) is 5.78 Å². The predicted molar refractivity (Wildman–Crippen MR) is 71.8 cm³/mol. The van der Waals surface area contributed by atoms with Gasteiger partial charge in [0.2, 0.25) is 0 Å². The van der Waals surface area contributed by atoms with E-state index in [4.69, 9.17) is 5.11 Å². The summed E-state index contributed by atoms with van der Waals surface area (Å²) in [6.45, 7) is 0. The molecule has 0 unspecified atom stereocenters. The lowest BCUT2D eigenvalue weighted by molar-refractivity contribution is -0.115. The Balaban J connectivity index is 2.32. The number of ketones is 1. The highest BCUT2D eigenvalue weighted by atomic mass is 79.9. The number of Topliss-reactive ketones (excluding diaryl/α,β-unsaturated/α-hetero) is 1. The van der Waals surface area contributed by atoms with E-state index in [-0.39, 0.29) is 11.3 Å². The first-order valence-electron chi connectivity index (χ1n) is 5.61. The van der Waals surface area contributed by atoms with Crippen molar-refractivity contribution in [2.45, 2.75) is 19.3 Å². The van der Waals surface area contributed by atoms with Crippen molar-refractivity contribution in [3.05, 3.63) is 40.0 Å². The maximum atomic E-state index is 11.6. The van der Waals surface area contributed by atoms with E-state index in [1.165, 1.54) is 6.07 Å². The number of aromatic carboxylic acids is 1. The standard InChI is InChI=1S/C13H12BrNO3/c14-12-10(6-3-7-11(12)16)15-9-5-2-1-4-8(9)13(17)18/h1-2,4-5,15H,3,6-7H2,(H,17,18). The van der Waals surface area contributed by atoms with Crippen LogP contribution in [0.15, 0.2) is 34.4 Å². The van der Waals surface area contributed by atoms with Gasteiger partial charge in [-0.05, 0) is 40.9 Å². The van der Waals surface area contributed by atoms with Gasteiger partial charge in [-0.2, -0.15) is 0 Å². The molecule has 0 fully saturated rings. The Hall–Kier alpha value is -1.62. The molecule has 1 aromatic rings. The summed E-state index contributed by atoms with van der Waals surface area (Å²) in [6, 6.07) is 6.65. The van der Waals surface area contributed by atoms with Crippen molar-refractivity contribution in [3.8, 4) is 0 Å². The minimum absolute atomic E-state index is 0.0524. The summed E-state index contributed by atoms with van der Waals surface area (Å²) in [5, 5.41) is 12.1. The van der Waals surface area contributed by atoms with Crippen molar-refractivity contribution in [1.29, 1.82) is 0 Å². The second-order valence-corrected chi connectivity index (χ2v) is 4.84. The van der Waals surface area contributed by atoms with Crippen LogP contribution >= 0.6 is 15.9 Å². The molecule has 0 atom stereocenters. The summed E-state index contributed by atoms with van der Waals surface area (Å²) < 4.78 is 0.522. The Morgan fingerprint density at radius 3 is 2.72 bits per heavy atom. The molecule has 0 heterocycles. The molecular weight excluding hydrogens is 298 g/mol. The molecule has 0 aromatic heterocycles. The zero-order valence-corrected chi connectivity index (χ0v) is 11.2. The maximum absolute atomic E-state index is 11.6. The summed E-state index contributed by atoms with van der Waals surface area (Å²) >= 11 is 3.26. The average Bonchev–Trinajstić information content (AvgIpc) is 2.35. The van der Waals surface area contributed by atoms with Gasteiger partial charge in [-0.15, -0.1) is 0 Å². The number of carboxylic acid groups (broad SMARTS) is 1. The number of halogens is 1. The monoisotopic (exact) mass is 309 g/mol. The Morgan fingerprint density at radius 1 is 1.28 bits per heavy atom. The van der Waals surface area contributed by atoms with Crippen molar-refractivity contribution < 1.29 is 14.7 Å².